The zero-order valence-corrected chi connectivity index (χ0v) is 28.7. The van der Waals surface area contributed by atoms with Gasteiger partial charge in [-0.3, -0.25) is 9.36 Å². The van der Waals surface area contributed by atoms with Crippen LogP contribution in [0.25, 0.3) is 11.8 Å². The molecule has 0 saturated carbocycles. The topological polar surface area (TPSA) is 79.1 Å². The lowest BCUT2D eigenvalue weighted by Crippen LogP contribution is -2.39. The average molecular weight is 769 g/mol. The Kier molecular flexibility index (Phi) is 9.55. The molecule has 0 amide bonds. The summed E-state index contributed by atoms with van der Waals surface area (Å²) in [4.78, 5) is 33.9. The molecular weight excluding hydrogens is 743 g/mol. The number of methoxy groups -OCH3 is 1. The van der Waals surface area contributed by atoms with Gasteiger partial charge in [0.15, 0.2) is 16.3 Å². The van der Waals surface area contributed by atoms with Gasteiger partial charge in [-0.05, 0) is 70.8 Å². The highest BCUT2D eigenvalue weighted by atomic mass is 127. The Morgan fingerprint density at radius 3 is 2.58 bits per heavy atom. The van der Waals surface area contributed by atoms with E-state index in [-0.39, 0.29) is 18.8 Å². The summed E-state index contributed by atoms with van der Waals surface area (Å²) >= 11 is 11.3. The lowest BCUT2D eigenvalue weighted by Gasteiger charge is -2.24. The van der Waals surface area contributed by atoms with E-state index in [0.717, 1.165) is 25.1 Å². The molecule has 6 rings (SSSR count). The third-order valence-corrected chi connectivity index (χ3v) is 10.1. The number of hydrogen-bond donors (Lipinski definition) is 0. The Hall–Kier alpha value is -3.71. The van der Waals surface area contributed by atoms with E-state index in [9.17, 15) is 9.59 Å². The summed E-state index contributed by atoms with van der Waals surface area (Å²) in [6.45, 7) is 2.24. The van der Waals surface area contributed by atoms with Crippen molar-refractivity contribution in [3.63, 3.8) is 0 Å². The fourth-order valence-corrected chi connectivity index (χ4v) is 7.83. The van der Waals surface area contributed by atoms with Crippen LogP contribution < -0.4 is 24.4 Å². The van der Waals surface area contributed by atoms with Crippen molar-refractivity contribution in [3.8, 4) is 11.5 Å². The third kappa shape index (κ3) is 6.37. The maximum absolute atomic E-state index is 14.1. The molecule has 0 aliphatic carbocycles. The number of nitrogens with zero attached hydrogens (tertiary/aromatic N) is 2. The number of hydrogen-bond acceptors (Lipinski definition) is 8. The Labute approximate surface area is 285 Å². The first-order valence-corrected chi connectivity index (χ1v) is 17.1. The van der Waals surface area contributed by atoms with E-state index in [1.165, 1.54) is 22.7 Å². The molecule has 1 atom stereocenters. The van der Waals surface area contributed by atoms with Gasteiger partial charge < -0.3 is 14.2 Å². The summed E-state index contributed by atoms with van der Waals surface area (Å²) in [5.74, 6) is 0.612. The number of thiazole rings is 1. The molecule has 1 aliphatic rings. The maximum atomic E-state index is 14.1. The summed E-state index contributed by atoms with van der Waals surface area (Å²) < 4.78 is 20.2. The molecule has 0 radical (unpaired) electrons. The second-order valence-corrected chi connectivity index (χ2v) is 13.4. The standard InChI is InChI=1S/C34H26ClIN2O5S2/c1-3-42-33(40)28-29(21-10-5-4-6-11-21)37-34-38(30(28)26-14-9-15-44-26)32(39)27(45-34)18-20-16-24(36)31(25(17-20)41-2)43-19-22-12-7-8-13-23(22)35/h4-18,30H,3,19H2,1-2H3/b27-18-/t30-/m1/s1. The Morgan fingerprint density at radius 2 is 1.87 bits per heavy atom. The fraction of sp³-hybridized carbons (Fsp3) is 0.147. The Morgan fingerprint density at radius 1 is 1.09 bits per heavy atom. The molecule has 0 saturated heterocycles. The zero-order valence-electron chi connectivity index (χ0n) is 24.2. The van der Waals surface area contributed by atoms with Gasteiger partial charge in [-0.15, -0.1) is 11.3 Å². The number of rotatable bonds is 9. The number of ether oxygens (including phenoxy) is 3. The second kappa shape index (κ2) is 13.7. The van der Waals surface area contributed by atoms with Gasteiger partial charge in [0.05, 0.1) is 33.1 Å². The van der Waals surface area contributed by atoms with Gasteiger partial charge in [-0.2, -0.15) is 0 Å². The third-order valence-electron chi connectivity index (χ3n) is 7.07. The zero-order chi connectivity index (χ0) is 31.5. The van der Waals surface area contributed by atoms with Crippen molar-refractivity contribution in [1.82, 2.24) is 4.57 Å². The predicted octanol–water partition coefficient (Wildman–Crippen LogP) is 6.84. The average Bonchev–Trinajstić information content (AvgIpc) is 3.69. The molecule has 0 spiro atoms. The smallest absolute Gasteiger partial charge is 0.338 e. The monoisotopic (exact) mass is 768 g/mol. The van der Waals surface area contributed by atoms with Gasteiger partial charge in [0.1, 0.15) is 12.6 Å². The molecule has 11 heteroatoms. The first kappa shape index (κ1) is 31.3. The number of aromatic nitrogens is 1. The molecule has 228 valence electrons. The molecule has 3 aromatic carbocycles. The van der Waals surface area contributed by atoms with Crippen LogP contribution in [0, 0.1) is 3.57 Å². The van der Waals surface area contributed by atoms with Crippen LogP contribution in [0.3, 0.4) is 0 Å². The van der Waals surface area contributed by atoms with Gasteiger partial charge >= 0.3 is 5.97 Å². The van der Waals surface area contributed by atoms with Gasteiger partial charge in [0.25, 0.3) is 5.56 Å². The van der Waals surface area contributed by atoms with E-state index in [2.05, 4.69) is 22.6 Å². The number of esters is 1. The maximum Gasteiger partial charge on any atom is 0.338 e. The van der Waals surface area contributed by atoms with E-state index < -0.39 is 12.0 Å². The molecule has 0 unspecified atom stereocenters. The van der Waals surface area contributed by atoms with Crippen LogP contribution in [0.5, 0.6) is 11.5 Å². The lowest BCUT2D eigenvalue weighted by atomic mass is 9.97. The van der Waals surface area contributed by atoms with Crippen LogP contribution >= 0.6 is 56.9 Å². The SMILES string of the molecule is CCOC(=O)C1=C(c2ccccc2)N=c2s/c(=C\c3cc(I)c(OCc4ccccc4Cl)c(OC)c3)c(=O)n2[C@@H]1c1cccs1. The lowest BCUT2D eigenvalue weighted by molar-refractivity contribution is -0.138. The molecule has 0 bridgehead atoms. The normalized spacial score (nSPS) is 14.6. The van der Waals surface area contributed by atoms with Crippen LogP contribution in [-0.4, -0.2) is 24.3 Å². The molecule has 45 heavy (non-hydrogen) atoms. The van der Waals surface area contributed by atoms with Crippen LogP contribution in [0.15, 0.2) is 99.6 Å². The molecule has 1 aliphatic heterocycles. The van der Waals surface area contributed by atoms with Crippen molar-refractivity contribution in [3.05, 3.63) is 140 Å². The van der Waals surface area contributed by atoms with Crippen LogP contribution in [0.2, 0.25) is 5.02 Å². The highest BCUT2D eigenvalue weighted by Gasteiger charge is 2.35. The quantitative estimate of drug-likeness (QED) is 0.121. The number of carbonyl (C=O) groups excluding carboxylic acids is 1. The highest BCUT2D eigenvalue weighted by Crippen LogP contribution is 2.37. The minimum absolute atomic E-state index is 0.199. The molecule has 0 fully saturated rings. The molecular formula is C34H26ClIN2O5S2. The van der Waals surface area contributed by atoms with Crippen LogP contribution in [-0.2, 0) is 16.1 Å². The minimum atomic E-state index is -0.687. The minimum Gasteiger partial charge on any atom is -0.493 e. The van der Waals surface area contributed by atoms with Crippen molar-refractivity contribution >= 4 is 74.6 Å². The van der Waals surface area contributed by atoms with Crippen molar-refractivity contribution in [2.24, 2.45) is 4.99 Å². The van der Waals surface area contributed by atoms with Crippen molar-refractivity contribution in [1.29, 1.82) is 0 Å². The summed E-state index contributed by atoms with van der Waals surface area (Å²) in [6, 6.07) is 23.9. The molecule has 3 heterocycles. The molecule has 0 N–H and O–H groups in total. The number of thiophene rings is 1. The van der Waals surface area contributed by atoms with E-state index >= 15 is 0 Å². The van der Waals surface area contributed by atoms with Gasteiger partial charge in [-0.1, -0.05) is 77.5 Å². The number of benzene rings is 3. The van der Waals surface area contributed by atoms with Gasteiger partial charge in [0, 0.05) is 21.0 Å². The predicted molar refractivity (Wildman–Crippen MR) is 187 cm³/mol. The second-order valence-electron chi connectivity index (χ2n) is 9.86. The van der Waals surface area contributed by atoms with Crippen LogP contribution in [0.1, 0.15) is 34.5 Å². The van der Waals surface area contributed by atoms with Crippen molar-refractivity contribution in [2.75, 3.05) is 13.7 Å². The highest BCUT2D eigenvalue weighted by molar-refractivity contribution is 14.1. The van der Waals surface area contributed by atoms with E-state index in [4.69, 9.17) is 30.8 Å². The number of fused-ring (bicyclic) bond motifs is 1. The molecule has 2 aromatic heterocycles. The van der Waals surface area contributed by atoms with Gasteiger partial charge in [0.2, 0.25) is 0 Å². The van der Waals surface area contributed by atoms with Crippen molar-refractivity contribution in [2.45, 2.75) is 19.6 Å². The summed E-state index contributed by atoms with van der Waals surface area (Å²) in [6.07, 6.45) is 1.81. The number of carbonyl (C=O) groups is 1. The first-order valence-electron chi connectivity index (χ1n) is 13.9. The van der Waals surface area contributed by atoms with Crippen molar-refractivity contribution < 1.29 is 19.0 Å². The first-order chi connectivity index (χ1) is 21.9. The Balaban J connectivity index is 1.47. The fourth-order valence-electron chi connectivity index (χ4n) is 5.04. The Bertz CT molecular complexity index is 2090. The largest absolute Gasteiger partial charge is 0.493 e. The van der Waals surface area contributed by atoms with E-state index in [1.807, 2.05) is 90.3 Å². The van der Waals surface area contributed by atoms with Crippen LogP contribution in [0.4, 0.5) is 0 Å². The van der Waals surface area contributed by atoms with Gasteiger partial charge in [-0.25, -0.2) is 9.79 Å². The summed E-state index contributed by atoms with van der Waals surface area (Å²) in [5.41, 5.74) is 2.97. The number of halogens is 2. The van der Waals surface area contributed by atoms with E-state index in [1.54, 1.807) is 18.6 Å². The van der Waals surface area contributed by atoms with E-state index in [0.29, 0.717) is 37.1 Å². The molecule has 5 aromatic rings. The molecule has 7 nitrogen and oxygen atoms in total. The summed E-state index contributed by atoms with van der Waals surface area (Å²) in [7, 11) is 1.58. The summed E-state index contributed by atoms with van der Waals surface area (Å²) in [5, 5.41) is 2.56.